The van der Waals surface area contributed by atoms with Crippen LogP contribution in [0.4, 0.5) is 5.13 Å². The number of thiazole rings is 1. The van der Waals surface area contributed by atoms with E-state index in [4.69, 9.17) is 5.73 Å². The molecule has 1 amide bonds. The van der Waals surface area contributed by atoms with Gasteiger partial charge in [0.15, 0.2) is 5.13 Å². The number of aromatic nitrogens is 1. The molecule has 0 spiro atoms. The van der Waals surface area contributed by atoms with Crippen molar-refractivity contribution in [3.8, 4) is 0 Å². The maximum atomic E-state index is 12.0. The van der Waals surface area contributed by atoms with Gasteiger partial charge in [-0.1, -0.05) is 13.8 Å². The minimum atomic E-state index is -0.127. The maximum absolute atomic E-state index is 12.0. The molecule has 1 aromatic heterocycles. The van der Waals surface area contributed by atoms with Crippen LogP contribution in [0.1, 0.15) is 37.2 Å². The van der Waals surface area contributed by atoms with E-state index in [0.717, 1.165) is 13.1 Å². The highest BCUT2D eigenvalue weighted by Crippen LogP contribution is 2.17. The van der Waals surface area contributed by atoms with Crippen LogP contribution in [-0.4, -0.2) is 41.5 Å². The Morgan fingerprint density at radius 2 is 2.21 bits per heavy atom. The van der Waals surface area contributed by atoms with Gasteiger partial charge in [-0.2, -0.15) is 0 Å². The summed E-state index contributed by atoms with van der Waals surface area (Å²) in [7, 11) is 0. The number of anilines is 1. The Kier molecular flexibility index (Phi) is 4.76. The number of nitrogen functional groups attached to an aromatic ring is 1. The van der Waals surface area contributed by atoms with Crippen LogP contribution >= 0.6 is 11.3 Å². The van der Waals surface area contributed by atoms with Crippen molar-refractivity contribution in [1.82, 2.24) is 15.2 Å². The second-order valence-corrected chi connectivity index (χ2v) is 6.23. The van der Waals surface area contributed by atoms with E-state index in [-0.39, 0.29) is 5.91 Å². The molecule has 1 aliphatic heterocycles. The fraction of sp³-hybridized carbons (Fsp3) is 0.692. The summed E-state index contributed by atoms with van der Waals surface area (Å²) >= 11 is 1.29. The summed E-state index contributed by atoms with van der Waals surface area (Å²) in [4.78, 5) is 18.4. The fourth-order valence-corrected chi connectivity index (χ4v) is 3.08. The molecule has 0 aliphatic carbocycles. The van der Waals surface area contributed by atoms with Crippen LogP contribution in [0.15, 0.2) is 5.38 Å². The first kappa shape index (κ1) is 14.3. The minimum absolute atomic E-state index is 0.127. The van der Waals surface area contributed by atoms with Gasteiger partial charge in [-0.05, 0) is 31.8 Å². The predicted octanol–water partition coefficient (Wildman–Crippen LogP) is 1.58. The highest BCUT2D eigenvalue weighted by molar-refractivity contribution is 7.13. The van der Waals surface area contributed by atoms with E-state index in [1.807, 2.05) is 0 Å². The van der Waals surface area contributed by atoms with Crippen LogP contribution in [0.25, 0.3) is 0 Å². The summed E-state index contributed by atoms with van der Waals surface area (Å²) in [5.41, 5.74) is 5.96. The summed E-state index contributed by atoms with van der Waals surface area (Å²) in [6.45, 7) is 7.37. The van der Waals surface area contributed by atoms with Gasteiger partial charge in [-0.25, -0.2) is 4.98 Å². The molecule has 3 N–H and O–H groups in total. The van der Waals surface area contributed by atoms with Gasteiger partial charge in [0.25, 0.3) is 5.91 Å². The van der Waals surface area contributed by atoms with E-state index in [9.17, 15) is 4.79 Å². The first-order valence-electron chi connectivity index (χ1n) is 6.81. The van der Waals surface area contributed by atoms with Gasteiger partial charge >= 0.3 is 0 Å². The molecule has 1 fully saturated rings. The molecule has 1 aliphatic rings. The molecule has 2 rings (SSSR count). The van der Waals surface area contributed by atoms with E-state index >= 15 is 0 Å². The third kappa shape index (κ3) is 3.67. The summed E-state index contributed by atoms with van der Waals surface area (Å²) in [5.74, 6) is 0.400. The number of rotatable bonds is 5. The molecule has 1 saturated heterocycles. The van der Waals surface area contributed by atoms with E-state index < -0.39 is 0 Å². The maximum Gasteiger partial charge on any atom is 0.270 e. The van der Waals surface area contributed by atoms with Gasteiger partial charge in [0.2, 0.25) is 0 Å². The Morgan fingerprint density at radius 3 is 2.74 bits per heavy atom. The zero-order valence-electron chi connectivity index (χ0n) is 11.6. The Labute approximate surface area is 118 Å². The first-order valence-corrected chi connectivity index (χ1v) is 7.69. The summed E-state index contributed by atoms with van der Waals surface area (Å²) < 4.78 is 0. The van der Waals surface area contributed by atoms with Crippen LogP contribution in [0.3, 0.4) is 0 Å². The van der Waals surface area contributed by atoms with E-state index in [1.165, 1.54) is 24.2 Å². The van der Waals surface area contributed by atoms with Gasteiger partial charge < -0.3 is 11.1 Å². The molecule has 5 nitrogen and oxygen atoms in total. The van der Waals surface area contributed by atoms with E-state index in [0.29, 0.717) is 29.3 Å². The van der Waals surface area contributed by atoms with Crippen LogP contribution in [0, 0.1) is 5.92 Å². The first-order chi connectivity index (χ1) is 9.08. The Morgan fingerprint density at radius 1 is 1.53 bits per heavy atom. The van der Waals surface area contributed by atoms with Crippen molar-refractivity contribution < 1.29 is 4.79 Å². The molecule has 1 aromatic rings. The Hall–Kier alpha value is -1.14. The normalized spacial score (nSPS) is 17.8. The number of hydrogen-bond acceptors (Lipinski definition) is 5. The molecule has 0 aromatic carbocycles. The third-order valence-corrected chi connectivity index (χ3v) is 4.28. The smallest absolute Gasteiger partial charge is 0.270 e. The van der Waals surface area contributed by atoms with Gasteiger partial charge in [0, 0.05) is 18.0 Å². The second-order valence-electron chi connectivity index (χ2n) is 5.34. The van der Waals surface area contributed by atoms with Crippen molar-refractivity contribution in [3.63, 3.8) is 0 Å². The topological polar surface area (TPSA) is 71.2 Å². The highest BCUT2D eigenvalue weighted by Gasteiger charge is 2.25. The number of nitrogens with two attached hydrogens (primary N) is 1. The van der Waals surface area contributed by atoms with Crippen molar-refractivity contribution in [2.45, 2.75) is 32.7 Å². The summed E-state index contributed by atoms with van der Waals surface area (Å²) in [5, 5.41) is 5.11. The lowest BCUT2D eigenvalue weighted by Crippen LogP contribution is -2.45. The highest BCUT2D eigenvalue weighted by atomic mass is 32.1. The number of amides is 1. The molecular formula is C13H22N4OS. The molecule has 106 valence electrons. The van der Waals surface area contributed by atoms with Crippen LogP contribution < -0.4 is 11.1 Å². The van der Waals surface area contributed by atoms with Crippen molar-refractivity contribution in [2.75, 3.05) is 25.4 Å². The zero-order valence-corrected chi connectivity index (χ0v) is 12.4. The van der Waals surface area contributed by atoms with Crippen molar-refractivity contribution in [3.05, 3.63) is 11.1 Å². The van der Waals surface area contributed by atoms with Gasteiger partial charge in [-0.15, -0.1) is 11.3 Å². The van der Waals surface area contributed by atoms with Gasteiger partial charge in [0.1, 0.15) is 5.69 Å². The minimum Gasteiger partial charge on any atom is -0.375 e. The van der Waals surface area contributed by atoms with Crippen LogP contribution in [-0.2, 0) is 0 Å². The van der Waals surface area contributed by atoms with E-state index in [1.54, 1.807) is 5.38 Å². The lowest BCUT2D eigenvalue weighted by molar-refractivity contribution is 0.0923. The standard InChI is InChI=1S/C13H22N4OS/c1-9(2)11(17-5-3-4-6-17)7-15-12(18)10-8-19-13(14)16-10/h8-9,11H,3-7H2,1-2H3,(H2,14,16)(H,15,18). The number of carbonyl (C=O) groups excluding carboxylic acids is 1. The molecule has 1 atom stereocenters. The van der Waals surface area contributed by atoms with Crippen molar-refractivity contribution in [1.29, 1.82) is 0 Å². The zero-order chi connectivity index (χ0) is 13.8. The monoisotopic (exact) mass is 282 g/mol. The third-order valence-electron chi connectivity index (χ3n) is 3.61. The molecule has 6 heteroatoms. The average Bonchev–Trinajstić information content (AvgIpc) is 3.00. The van der Waals surface area contributed by atoms with Crippen LogP contribution in [0.5, 0.6) is 0 Å². The largest absolute Gasteiger partial charge is 0.375 e. The summed E-state index contributed by atoms with van der Waals surface area (Å²) in [6, 6.07) is 0.405. The molecule has 0 saturated carbocycles. The SMILES string of the molecule is CC(C)C(CNC(=O)c1csc(N)n1)N1CCCC1. The summed E-state index contributed by atoms with van der Waals surface area (Å²) in [6.07, 6.45) is 2.53. The lowest BCUT2D eigenvalue weighted by atomic mass is 10.0. The second kappa shape index (κ2) is 6.34. The number of nitrogens with zero attached hydrogens (tertiary/aromatic N) is 2. The fourth-order valence-electron chi connectivity index (χ4n) is 2.54. The van der Waals surface area contributed by atoms with E-state index in [2.05, 4.69) is 29.0 Å². The number of likely N-dealkylation sites (tertiary alicyclic amines) is 1. The van der Waals surface area contributed by atoms with Gasteiger partial charge in [0.05, 0.1) is 0 Å². The number of nitrogens with one attached hydrogen (secondary N) is 1. The molecule has 2 heterocycles. The van der Waals surface area contributed by atoms with Gasteiger partial charge in [-0.3, -0.25) is 9.69 Å². The molecule has 1 unspecified atom stereocenters. The predicted molar refractivity (Wildman–Crippen MR) is 78.3 cm³/mol. The molecule has 0 radical (unpaired) electrons. The molecular weight excluding hydrogens is 260 g/mol. The number of carbonyl (C=O) groups is 1. The molecule has 19 heavy (non-hydrogen) atoms. The van der Waals surface area contributed by atoms with Crippen LogP contribution in [0.2, 0.25) is 0 Å². The molecule has 0 bridgehead atoms. The average molecular weight is 282 g/mol. The Bertz CT molecular complexity index is 426. The van der Waals surface area contributed by atoms with Crippen molar-refractivity contribution in [2.24, 2.45) is 5.92 Å². The van der Waals surface area contributed by atoms with Crippen molar-refractivity contribution >= 4 is 22.4 Å². The lowest BCUT2D eigenvalue weighted by Gasteiger charge is -2.30. The Balaban J connectivity index is 1.89. The quantitative estimate of drug-likeness (QED) is 0.860. The number of hydrogen-bond donors (Lipinski definition) is 2.